The average Bonchev–Trinajstić information content (AvgIpc) is 3.48. The van der Waals surface area contributed by atoms with Crippen molar-refractivity contribution in [3.63, 3.8) is 0 Å². The summed E-state index contributed by atoms with van der Waals surface area (Å²) in [5.74, 6) is 8.15. The predicted octanol–water partition coefficient (Wildman–Crippen LogP) is 3.81. The van der Waals surface area contributed by atoms with Gasteiger partial charge in [-0.3, -0.25) is 5.10 Å². The van der Waals surface area contributed by atoms with E-state index in [-0.39, 0.29) is 0 Å². The maximum absolute atomic E-state index is 4.59. The Morgan fingerprint density at radius 2 is 1.90 bits per heavy atom. The molecule has 4 aromatic rings. The smallest absolute Gasteiger partial charge is 0.223 e. The van der Waals surface area contributed by atoms with Gasteiger partial charge in [-0.1, -0.05) is 18.8 Å². The third-order valence-electron chi connectivity index (χ3n) is 5.34. The summed E-state index contributed by atoms with van der Waals surface area (Å²) in [7, 11) is 0. The third-order valence-corrected chi connectivity index (χ3v) is 5.34. The van der Waals surface area contributed by atoms with Crippen LogP contribution in [0.25, 0.3) is 22.4 Å². The van der Waals surface area contributed by atoms with Gasteiger partial charge in [0.15, 0.2) is 5.82 Å². The molecule has 1 saturated carbocycles. The molecule has 2 N–H and O–H groups in total. The second-order valence-corrected chi connectivity index (χ2v) is 7.48. The zero-order chi connectivity index (χ0) is 20.2. The quantitative estimate of drug-likeness (QED) is 0.511. The zero-order valence-electron chi connectivity index (χ0n) is 16.5. The summed E-state index contributed by atoms with van der Waals surface area (Å²) >= 11 is 0. The number of fused-ring (bicyclic) bond motifs is 1. The highest BCUT2D eigenvalue weighted by atomic mass is 15.1. The molecule has 0 radical (unpaired) electrons. The number of anilines is 1. The maximum atomic E-state index is 4.59. The van der Waals surface area contributed by atoms with Crippen molar-refractivity contribution < 1.29 is 0 Å². The summed E-state index contributed by atoms with van der Waals surface area (Å²) in [6.07, 6.45) is 10.4. The van der Waals surface area contributed by atoms with E-state index in [9.17, 15) is 0 Å². The number of hydrogen-bond acceptors (Lipinski definition) is 6. The molecule has 30 heavy (non-hydrogen) atoms. The van der Waals surface area contributed by atoms with Gasteiger partial charge < -0.3 is 5.32 Å². The van der Waals surface area contributed by atoms with E-state index in [1.54, 1.807) is 24.7 Å². The molecule has 1 aromatic carbocycles. The second kappa shape index (κ2) is 8.29. The van der Waals surface area contributed by atoms with E-state index in [0.29, 0.717) is 29.1 Å². The molecule has 148 valence electrons. The van der Waals surface area contributed by atoms with E-state index in [2.05, 4.69) is 47.3 Å². The summed E-state index contributed by atoms with van der Waals surface area (Å²) in [5, 5.41) is 11.4. The Kier molecular flexibility index (Phi) is 5.05. The molecule has 5 rings (SSSR count). The molecule has 3 heterocycles. The number of nitrogens with zero attached hydrogens (tertiary/aromatic N) is 5. The Balaban J connectivity index is 1.34. The first-order chi connectivity index (χ1) is 14.8. The monoisotopic (exact) mass is 395 g/mol. The van der Waals surface area contributed by atoms with Crippen molar-refractivity contribution in [2.75, 3.05) is 11.9 Å². The van der Waals surface area contributed by atoms with Gasteiger partial charge in [-0.2, -0.15) is 5.10 Å². The Morgan fingerprint density at radius 1 is 1.00 bits per heavy atom. The molecule has 1 aliphatic rings. The van der Waals surface area contributed by atoms with Gasteiger partial charge >= 0.3 is 0 Å². The molecule has 0 spiro atoms. The van der Waals surface area contributed by atoms with Crippen LogP contribution in [0.3, 0.4) is 0 Å². The molecule has 3 aromatic heterocycles. The number of aromatic nitrogens is 6. The molecule has 1 fully saturated rings. The van der Waals surface area contributed by atoms with Crippen LogP contribution >= 0.6 is 0 Å². The molecule has 1 aliphatic carbocycles. The van der Waals surface area contributed by atoms with E-state index >= 15 is 0 Å². The predicted molar refractivity (Wildman–Crippen MR) is 116 cm³/mol. The minimum Gasteiger partial charge on any atom is -0.354 e. The van der Waals surface area contributed by atoms with Crippen LogP contribution in [0.4, 0.5) is 5.95 Å². The van der Waals surface area contributed by atoms with Crippen LogP contribution < -0.4 is 5.32 Å². The van der Waals surface area contributed by atoms with Crippen LogP contribution in [0.2, 0.25) is 0 Å². The van der Waals surface area contributed by atoms with Crippen molar-refractivity contribution in [2.45, 2.75) is 25.7 Å². The minimum absolute atomic E-state index is 0.540. The van der Waals surface area contributed by atoms with Crippen molar-refractivity contribution in [1.82, 2.24) is 30.1 Å². The van der Waals surface area contributed by atoms with E-state index in [1.807, 2.05) is 24.3 Å². The lowest BCUT2D eigenvalue weighted by atomic mass is 10.1. The fraction of sp³-hybridized carbons (Fsp3) is 0.261. The van der Waals surface area contributed by atoms with E-state index in [1.165, 1.54) is 25.7 Å². The Labute approximate surface area is 174 Å². The first-order valence-corrected chi connectivity index (χ1v) is 10.2. The molecule has 7 nitrogen and oxygen atoms in total. The lowest BCUT2D eigenvalue weighted by molar-refractivity contribution is 0.577. The highest BCUT2D eigenvalue weighted by molar-refractivity contribution is 5.79. The SMILES string of the molecule is C(#Cc1ccnc(-c2ccnc(NCC3CCCC3)n2)n1)c1ccc2[nH]ncc2c1. The zero-order valence-corrected chi connectivity index (χ0v) is 16.5. The molecular weight excluding hydrogens is 374 g/mol. The molecule has 0 atom stereocenters. The van der Waals surface area contributed by atoms with Crippen LogP contribution in [0, 0.1) is 17.8 Å². The van der Waals surface area contributed by atoms with Crippen molar-refractivity contribution in [3.8, 4) is 23.4 Å². The molecular formula is C23H21N7. The fourth-order valence-electron chi connectivity index (χ4n) is 3.73. The number of benzene rings is 1. The second-order valence-electron chi connectivity index (χ2n) is 7.48. The Hall–Kier alpha value is -3.79. The lowest BCUT2D eigenvalue weighted by Crippen LogP contribution is -2.13. The number of hydrogen-bond donors (Lipinski definition) is 2. The van der Waals surface area contributed by atoms with Gasteiger partial charge in [0, 0.05) is 29.9 Å². The largest absolute Gasteiger partial charge is 0.354 e. The number of H-pyrrole nitrogens is 1. The molecule has 0 aliphatic heterocycles. The standard InChI is InChI=1S/C23H21N7/c1-2-4-17(3-1)14-26-23-25-12-10-21(29-23)22-24-11-9-19(28-22)7-5-16-6-8-20-18(13-16)15-27-30-20/h6,8-13,15,17H,1-4,14H2,(H,27,30)(H,25,26,29). The van der Waals surface area contributed by atoms with Gasteiger partial charge in [-0.15, -0.1) is 0 Å². The normalized spacial score (nSPS) is 13.9. The van der Waals surface area contributed by atoms with Crippen molar-refractivity contribution in [2.24, 2.45) is 5.92 Å². The average molecular weight is 395 g/mol. The highest BCUT2D eigenvalue weighted by Gasteiger charge is 2.15. The topological polar surface area (TPSA) is 92.3 Å². The number of rotatable bonds is 4. The minimum atomic E-state index is 0.540. The van der Waals surface area contributed by atoms with Gasteiger partial charge in [-0.25, -0.2) is 19.9 Å². The molecule has 0 saturated heterocycles. The van der Waals surface area contributed by atoms with Crippen LogP contribution in [-0.2, 0) is 0 Å². The summed E-state index contributed by atoms with van der Waals surface area (Å²) in [4.78, 5) is 17.9. The summed E-state index contributed by atoms with van der Waals surface area (Å²) in [5.41, 5.74) is 3.23. The van der Waals surface area contributed by atoms with Crippen molar-refractivity contribution in [3.05, 3.63) is 60.2 Å². The first-order valence-electron chi connectivity index (χ1n) is 10.2. The molecule has 0 amide bonds. The Morgan fingerprint density at radius 3 is 2.83 bits per heavy atom. The van der Waals surface area contributed by atoms with Crippen LogP contribution in [0.15, 0.2) is 48.9 Å². The summed E-state index contributed by atoms with van der Waals surface area (Å²) in [6.45, 7) is 0.914. The van der Waals surface area contributed by atoms with Crippen LogP contribution in [-0.4, -0.2) is 36.7 Å². The van der Waals surface area contributed by atoms with Gasteiger partial charge in [0.1, 0.15) is 11.4 Å². The van der Waals surface area contributed by atoms with Gasteiger partial charge in [0.05, 0.1) is 11.7 Å². The first kappa shape index (κ1) is 18.3. The third kappa shape index (κ3) is 4.13. The Bertz CT molecular complexity index is 1230. The van der Waals surface area contributed by atoms with E-state index in [4.69, 9.17) is 0 Å². The molecule has 7 heteroatoms. The maximum Gasteiger partial charge on any atom is 0.223 e. The number of aromatic amines is 1. The number of nitrogens with one attached hydrogen (secondary N) is 2. The fourth-order valence-corrected chi connectivity index (χ4v) is 3.73. The molecule has 0 bridgehead atoms. The molecule has 0 unspecified atom stereocenters. The van der Waals surface area contributed by atoms with Gasteiger partial charge in [0.25, 0.3) is 0 Å². The lowest BCUT2D eigenvalue weighted by Gasteiger charge is -2.10. The van der Waals surface area contributed by atoms with Crippen LogP contribution in [0.1, 0.15) is 36.9 Å². The summed E-state index contributed by atoms with van der Waals surface area (Å²) in [6, 6.07) is 9.55. The van der Waals surface area contributed by atoms with Crippen molar-refractivity contribution >= 4 is 16.9 Å². The van der Waals surface area contributed by atoms with Gasteiger partial charge in [-0.05, 0) is 55.0 Å². The van der Waals surface area contributed by atoms with Gasteiger partial charge in [0.2, 0.25) is 5.95 Å². The summed E-state index contributed by atoms with van der Waals surface area (Å²) < 4.78 is 0. The van der Waals surface area contributed by atoms with Crippen molar-refractivity contribution in [1.29, 1.82) is 0 Å². The van der Waals surface area contributed by atoms with Crippen LogP contribution in [0.5, 0.6) is 0 Å². The highest BCUT2D eigenvalue weighted by Crippen LogP contribution is 2.24. The van der Waals surface area contributed by atoms with E-state index < -0.39 is 0 Å². The van der Waals surface area contributed by atoms with E-state index in [0.717, 1.165) is 23.0 Å².